The van der Waals surface area contributed by atoms with Crippen molar-refractivity contribution in [3.05, 3.63) is 79.9 Å². The average Bonchev–Trinajstić information content (AvgIpc) is 2.78. The van der Waals surface area contributed by atoms with Gasteiger partial charge in [0.1, 0.15) is 17.9 Å². The minimum Gasteiger partial charge on any atom is -0.444 e. The van der Waals surface area contributed by atoms with E-state index in [1.807, 2.05) is 30.3 Å². The zero-order valence-corrected chi connectivity index (χ0v) is 20.4. The van der Waals surface area contributed by atoms with E-state index in [-0.39, 0.29) is 6.54 Å². The highest BCUT2D eigenvalue weighted by Crippen LogP contribution is 2.26. The summed E-state index contributed by atoms with van der Waals surface area (Å²) in [6, 6.07) is 9.77. The fraction of sp³-hybridized carbons (Fsp3) is 0.375. The van der Waals surface area contributed by atoms with Gasteiger partial charge in [-0.25, -0.2) is 4.79 Å². The Kier molecular flexibility index (Phi) is 9.33. The van der Waals surface area contributed by atoms with E-state index in [0.29, 0.717) is 18.8 Å². The van der Waals surface area contributed by atoms with Gasteiger partial charge in [0, 0.05) is 18.7 Å². The van der Waals surface area contributed by atoms with Crippen molar-refractivity contribution in [2.24, 2.45) is 0 Å². The molecule has 0 radical (unpaired) electrons. The van der Waals surface area contributed by atoms with Crippen LogP contribution in [0.25, 0.3) is 0 Å². The highest BCUT2D eigenvalue weighted by molar-refractivity contribution is 6.10. The number of carbonyl (C=O) groups is 3. The minimum absolute atomic E-state index is 0.0179. The van der Waals surface area contributed by atoms with Gasteiger partial charge in [-0.15, -0.1) is 0 Å². The molecule has 0 aliphatic heterocycles. The van der Waals surface area contributed by atoms with Gasteiger partial charge in [-0.05, 0) is 45.9 Å². The number of alkyl carbamates (subject to hydrolysis) is 1. The number of non-ortho nitro benzene ring substituents is 1. The molecular formula is C24H28N4O8. The van der Waals surface area contributed by atoms with Gasteiger partial charge in [0.15, 0.2) is 5.78 Å². The molecule has 0 saturated heterocycles. The maximum Gasteiger partial charge on any atom is 0.407 e. The quantitative estimate of drug-likeness (QED) is 0.160. The minimum atomic E-state index is -1.44. The van der Waals surface area contributed by atoms with E-state index in [4.69, 9.17) is 4.74 Å². The predicted octanol–water partition coefficient (Wildman–Crippen LogP) is 3.32. The maximum atomic E-state index is 13.1. The molecule has 0 aromatic heterocycles. The number of carbonyl (C=O) groups excluding carboxylic acids is 3. The zero-order chi connectivity index (χ0) is 27.0. The van der Waals surface area contributed by atoms with Crippen molar-refractivity contribution in [3.63, 3.8) is 0 Å². The van der Waals surface area contributed by atoms with Gasteiger partial charge < -0.3 is 14.8 Å². The van der Waals surface area contributed by atoms with Crippen molar-refractivity contribution in [1.29, 1.82) is 0 Å². The van der Waals surface area contributed by atoms with Crippen molar-refractivity contribution < 1.29 is 29.0 Å². The number of likely N-dealkylation sites (N-methyl/N-ethyl adjacent to an activating group) is 1. The van der Waals surface area contributed by atoms with E-state index in [2.05, 4.69) is 5.32 Å². The molecule has 0 fully saturated rings. The Hall–Kier alpha value is -4.19. The third-order valence-electron chi connectivity index (χ3n) is 5.08. The van der Waals surface area contributed by atoms with Gasteiger partial charge in [-0.3, -0.25) is 29.9 Å². The van der Waals surface area contributed by atoms with Gasteiger partial charge in [0.25, 0.3) is 11.4 Å². The van der Waals surface area contributed by atoms with E-state index in [9.17, 15) is 34.6 Å². The molecule has 0 aliphatic carbocycles. The SMILES string of the molecule is CN(C[C@H](Cc1ccccc1)NC(=O)OC(C)(C)C)C(C=O)C(=O)c1ccc([N+](=O)[O-])cc1[N+](=O)[O-]. The Bertz CT molecular complexity index is 1130. The van der Waals surface area contributed by atoms with E-state index in [0.717, 1.165) is 17.7 Å². The van der Waals surface area contributed by atoms with Crippen LogP contribution < -0.4 is 5.32 Å². The van der Waals surface area contributed by atoms with E-state index >= 15 is 0 Å². The van der Waals surface area contributed by atoms with Crippen LogP contribution in [-0.2, 0) is 16.0 Å². The fourth-order valence-corrected chi connectivity index (χ4v) is 3.51. The largest absolute Gasteiger partial charge is 0.444 e. The summed E-state index contributed by atoms with van der Waals surface area (Å²) in [5.74, 6) is -0.898. The van der Waals surface area contributed by atoms with Crippen LogP contribution in [0.1, 0.15) is 36.7 Å². The molecular weight excluding hydrogens is 472 g/mol. The number of ether oxygens (including phenoxy) is 1. The number of rotatable bonds is 11. The smallest absolute Gasteiger partial charge is 0.407 e. The van der Waals surface area contributed by atoms with Gasteiger partial charge in [0.2, 0.25) is 0 Å². The Morgan fingerprint density at radius 3 is 2.25 bits per heavy atom. The number of nitro benzene ring substituents is 2. The first-order valence-corrected chi connectivity index (χ1v) is 11.0. The normalized spacial score (nSPS) is 12.9. The van der Waals surface area contributed by atoms with Gasteiger partial charge in [-0.1, -0.05) is 30.3 Å². The summed E-state index contributed by atoms with van der Waals surface area (Å²) in [5, 5.41) is 25.2. The number of aldehydes is 1. The highest BCUT2D eigenvalue weighted by atomic mass is 16.6. The number of ketones is 1. The Morgan fingerprint density at radius 1 is 1.08 bits per heavy atom. The summed E-state index contributed by atoms with van der Waals surface area (Å²) in [6.45, 7) is 5.15. The number of nitrogens with one attached hydrogen (secondary N) is 1. The average molecular weight is 501 g/mol. The lowest BCUT2D eigenvalue weighted by molar-refractivity contribution is -0.394. The molecule has 0 heterocycles. The molecule has 0 aliphatic rings. The van der Waals surface area contributed by atoms with Crippen molar-refractivity contribution in [2.45, 2.75) is 44.9 Å². The molecule has 1 N–H and O–H groups in total. The summed E-state index contributed by atoms with van der Waals surface area (Å²) < 4.78 is 5.33. The second-order valence-electron chi connectivity index (χ2n) is 9.13. The van der Waals surface area contributed by atoms with Crippen molar-refractivity contribution >= 4 is 29.5 Å². The second kappa shape index (κ2) is 12.0. The molecule has 0 bridgehead atoms. The van der Waals surface area contributed by atoms with Crippen LogP contribution in [-0.4, -0.2) is 64.2 Å². The van der Waals surface area contributed by atoms with Gasteiger partial charge >= 0.3 is 6.09 Å². The third-order valence-corrected chi connectivity index (χ3v) is 5.08. The lowest BCUT2D eigenvalue weighted by Crippen LogP contribution is -2.50. The monoisotopic (exact) mass is 500 g/mol. The molecule has 1 amide bonds. The molecule has 0 spiro atoms. The van der Waals surface area contributed by atoms with Crippen molar-refractivity contribution in [1.82, 2.24) is 10.2 Å². The number of hydrogen-bond acceptors (Lipinski definition) is 9. The summed E-state index contributed by atoms with van der Waals surface area (Å²) in [5.41, 5.74) is -1.63. The van der Waals surface area contributed by atoms with Crippen LogP contribution in [0.3, 0.4) is 0 Å². The predicted molar refractivity (Wildman–Crippen MR) is 130 cm³/mol. The molecule has 2 rings (SSSR count). The third kappa shape index (κ3) is 7.94. The molecule has 12 nitrogen and oxygen atoms in total. The Morgan fingerprint density at radius 2 is 1.72 bits per heavy atom. The lowest BCUT2D eigenvalue weighted by atomic mass is 10.00. The van der Waals surface area contributed by atoms with Crippen LogP contribution in [0, 0.1) is 20.2 Å². The van der Waals surface area contributed by atoms with Crippen LogP contribution in [0.4, 0.5) is 16.2 Å². The van der Waals surface area contributed by atoms with Crippen LogP contribution in [0.2, 0.25) is 0 Å². The highest BCUT2D eigenvalue weighted by Gasteiger charge is 2.32. The van der Waals surface area contributed by atoms with Crippen molar-refractivity contribution in [2.75, 3.05) is 13.6 Å². The van der Waals surface area contributed by atoms with Gasteiger partial charge in [-0.2, -0.15) is 0 Å². The summed E-state index contributed by atoms with van der Waals surface area (Å²) in [4.78, 5) is 59.5. The molecule has 36 heavy (non-hydrogen) atoms. The maximum absolute atomic E-state index is 13.1. The lowest BCUT2D eigenvalue weighted by Gasteiger charge is -2.29. The van der Waals surface area contributed by atoms with Crippen LogP contribution >= 0.6 is 0 Å². The zero-order valence-electron chi connectivity index (χ0n) is 20.4. The van der Waals surface area contributed by atoms with E-state index in [1.54, 1.807) is 20.8 Å². The Balaban J connectivity index is 2.30. The molecule has 2 atom stereocenters. The molecule has 2 aromatic rings. The van der Waals surface area contributed by atoms with Crippen LogP contribution in [0.5, 0.6) is 0 Å². The molecule has 12 heteroatoms. The number of Topliss-reactive ketones (excluding diaryl/α,β-unsaturated/α-hetero) is 1. The second-order valence-corrected chi connectivity index (χ2v) is 9.13. The van der Waals surface area contributed by atoms with Gasteiger partial charge in [0.05, 0.1) is 21.5 Å². The number of benzene rings is 2. The fourth-order valence-electron chi connectivity index (χ4n) is 3.51. The Labute approximate surface area is 207 Å². The molecule has 0 saturated carbocycles. The summed E-state index contributed by atoms with van der Waals surface area (Å²) in [6.07, 6.45) is -0.000571. The van der Waals surface area contributed by atoms with Crippen LogP contribution in [0.15, 0.2) is 48.5 Å². The first-order valence-electron chi connectivity index (χ1n) is 11.0. The van der Waals surface area contributed by atoms with E-state index < -0.39 is 56.3 Å². The number of nitro groups is 2. The number of hydrogen-bond donors (Lipinski definition) is 1. The topological polar surface area (TPSA) is 162 Å². The first kappa shape index (κ1) is 28.1. The van der Waals surface area contributed by atoms with E-state index in [1.165, 1.54) is 11.9 Å². The van der Waals surface area contributed by atoms with Crippen molar-refractivity contribution in [3.8, 4) is 0 Å². The number of amides is 1. The number of nitrogens with zero attached hydrogens (tertiary/aromatic N) is 3. The summed E-state index contributed by atoms with van der Waals surface area (Å²) >= 11 is 0. The molecule has 192 valence electrons. The standard InChI is InChI=1S/C24H28N4O8/c1-24(2,3)36-23(31)25-17(12-16-8-6-5-7-9-16)14-26(4)21(15-29)22(30)19-11-10-18(27(32)33)13-20(19)28(34)35/h5-11,13,15,17,21H,12,14H2,1-4H3,(H,25,31)/t17-,21?/m0/s1. The molecule has 2 aromatic carbocycles. The first-order chi connectivity index (χ1) is 16.8. The molecule has 1 unspecified atom stereocenters. The summed E-state index contributed by atoms with van der Waals surface area (Å²) in [7, 11) is 1.46.